The highest BCUT2D eigenvalue weighted by Crippen LogP contribution is 2.50. The fraction of sp³-hybridized carbons (Fsp3) is 0.314. The van der Waals surface area contributed by atoms with Crippen molar-refractivity contribution in [2.24, 2.45) is 0 Å². The van der Waals surface area contributed by atoms with Crippen LogP contribution in [0.1, 0.15) is 22.3 Å². The van der Waals surface area contributed by atoms with Crippen LogP contribution in [0.2, 0.25) is 38.3 Å². The molecule has 5 heteroatoms. The van der Waals surface area contributed by atoms with Crippen LogP contribution in [0.5, 0.6) is 0 Å². The number of rotatable bonds is 12. The quantitative estimate of drug-likeness (QED) is 0.159. The smallest absolute Gasteiger partial charge is 0.187 e. The lowest BCUT2D eigenvalue weighted by Gasteiger charge is -2.38. The molecule has 4 aromatic rings. The number of hydrogen-bond donors (Lipinski definition) is 0. The Bertz CT molecular complexity index is 1360. The molecule has 0 radical (unpaired) electrons. The number of aryl methyl sites for hydroxylation is 2. The zero-order valence-electron chi connectivity index (χ0n) is 24.3. The van der Waals surface area contributed by atoms with Gasteiger partial charge in [0.2, 0.25) is 0 Å². The van der Waals surface area contributed by atoms with Crippen LogP contribution in [-0.2, 0) is 27.1 Å². The van der Waals surface area contributed by atoms with Gasteiger partial charge in [-0.25, -0.2) is 4.39 Å². The Morgan fingerprint density at radius 2 is 1.05 bits per heavy atom. The van der Waals surface area contributed by atoms with Gasteiger partial charge in [0, 0.05) is 13.2 Å². The average molecular weight is 569 g/mol. The van der Waals surface area contributed by atoms with Crippen molar-refractivity contribution in [2.75, 3.05) is 13.2 Å². The fourth-order valence-corrected chi connectivity index (χ4v) is 9.09. The van der Waals surface area contributed by atoms with Gasteiger partial charge < -0.3 is 8.85 Å². The molecule has 5 rings (SSSR count). The SMILES string of the molecule is C[Si](C)(CCc1ccccc1)OCC1(CO[Si](C)(C)CCc2ccccc2)c2ccccc2-c2ccc(F)cc21. The number of benzene rings is 4. The first kappa shape index (κ1) is 28.7. The Morgan fingerprint density at radius 3 is 1.60 bits per heavy atom. The molecule has 0 spiro atoms. The van der Waals surface area contributed by atoms with Crippen molar-refractivity contribution >= 4 is 16.6 Å². The third-order valence-electron chi connectivity index (χ3n) is 8.37. The van der Waals surface area contributed by atoms with Gasteiger partial charge >= 0.3 is 0 Å². The molecule has 2 nitrogen and oxygen atoms in total. The fourth-order valence-electron chi connectivity index (χ4n) is 5.74. The van der Waals surface area contributed by atoms with Crippen LogP contribution in [0.3, 0.4) is 0 Å². The summed E-state index contributed by atoms with van der Waals surface area (Å²) in [5.41, 5.74) is 6.59. The Labute approximate surface area is 241 Å². The van der Waals surface area contributed by atoms with E-state index in [2.05, 4.69) is 111 Å². The lowest BCUT2D eigenvalue weighted by Crippen LogP contribution is -2.45. The molecule has 0 atom stereocenters. The third-order valence-corrected chi connectivity index (χ3v) is 13.1. The first-order valence-corrected chi connectivity index (χ1v) is 20.7. The summed E-state index contributed by atoms with van der Waals surface area (Å²) in [4.78, 5) is 0. The van der Waals surface area contributed by atoms with Gasteiger partial charge in [0.25, 0.3) is 0 Å². The van der Waals surface area contributed by atoms with Gasteiger partial charge in [0.1, 0.15) is 5.82 Å². The molecule has 0 aromatic heterocycles. The summed E-state index contributed by atoms with van der Waals surface area (Å²) in [6, 6.07) is 37.1. The number of halogens is 1. The maximum absolute atomic E-state index is 14.8. The maximum Gasteiger partial charge on any atom is 0.187 e. The topological polar surface area (TPSA) is 18.5 Å². The Balaban J connectivity index is 1.41. The van der Waals surface area contributed by atoms with E-state index >= 15 is 0 Å². The summed E-state index contributed by atoms with van der Waals surface area (Å²) < 4.78 is 28.7. The van der Waals surface area contributed by atoms with Gasteiger partial charge in [0.15, 0.2) is 16.6 Å². The largest absolute Gasteiger partial charge is 0.416 e. The summed E-state index contributed by atoms with van der Waals surface area (Å²) in [6.45, 7) is 10.2. The van der Waals surface area contributed by atoms with Crippen molar-refractivity contribution in [1.29, 1.82) is 0 Å². The molecule has 1 aliphatic carbocycles. The van der Waals surface area contributed by atoms with E-state index in [1.165, 1.54) is 16.7 Å². The van der Waals surface area contributed by atoms with Gasteiger partial charge in [-0.15, -0.1) is 0 Å². The molecule has 0 N–H and O–H groups in total. The van der Waals surface area contributed by atoms with Crippen LogP contribution in [0.4, 0.5) is 4.39 Å². The van der Waals surface area contributed by atoms with Gasteiger partial charge in [-0.3, -0.25) is 0 Å². The lowest BCUT2D eigenvalue weighted by molar-refractivity contribution is 0.162. The van der Waals surface area contributed by atoms with E-state index in [9.17, 15) is 4.39 Å². The monoisotopic (exact) mass is 568 g/mol. The molecule has 0 unspecified atom stereocenters. The molecule has 4 aromatic carbocycles. The summed E-state index contributed by atoms with van der Waals surface area (Å²) in [6.07, 6.45) is 2.01. The van der Waals surface area contributed by atoms with Crippen molar-refractivity contribution < 1.29 is 13.2 Å². The van der Waals surface area contributed by atoms with Crippen LogP contribution in [0.25, 0.3) is 11.1 Å². The van der Waals surface area contributed by atoms with Crippen LogP contribution >= 0.6 is 0 Å². The molecule has 0 fully saturated rings. The minimum atomic E-state index is -2.03. The minimum absolute atomic E-state index is 0.211. The second-order valence-electron chi connectivity index (χ2n) is 12.4. The van der Waals surface area contributed by atoms with Gasteiger partial charge in [-0.2, -0.15) is 0 Å². The summed E-state index contributed by atoms with van der Waals surface area (Å²) in [7, 11) is -4.06. The van der Waals surface area contributed by atoms with Crippen LogP contribution in [0, 0.1) is 5.82 Å². The second kappa shape index (κ2) is 12.0. The predicted octanol–water partition coefficient (Wildman–Crippen LogP) is 9.02. The molecule has 0 saturated heterocycles. The van der Waals surface area contributed by atoms with Crippen LogP contribution in [0.15, 0.2) is 103 Å². The van der Waals surface area contributed by atoms with Crippen LogP contribution < -0.4 is 0 Å². The molecule has 0 saturated carbocycles. The van der Waals surface area contributed by atoms with E-state index in [1.807, 2.05) is 6.07 Å². The summed E-state index contributed by atoms with van der Waals surface area (Å²) >= 11 is 0. The van der Waals surface area contributed by atoms with Crippen LogP contribution in [-0.4, -0.2) is 29.8 Å². The first-order chi connectivity index (χ1) is 19.2. The van der Waals surface area contributed by atoms with E-state index in [4.69, 9.17) is 8.85 Å². The average Bonchev–Trinajstić information content (AvgIpc) is 3.23. The van der Waals surface area contributed by atoms with E-state index in [0.717, 1.165) is 41.6 Å². The normalized spacial score (nSPS) is 14.1. The van der Waals surface area contributed by atoms with Gasteiger partial charge in [0.05, 0.1) is 5.41 Å². The summed E-state index contributed by atoms with van der Waals surface area (Å²) in [5.74, 6) is -0.211. The molecular weight excluding hydrogens is 528 g/mol. The highest BCUT2D eigenvalue weighted by atomic mass is 28.4. The van der Waals surface area contributed by atoms with Crippen molar-refractivity contribution in [2.45, 2.75) is 56.5 Å². The van der Waals surface area contributed by atoms with Gasteiger partial charge in [-0.1, -0.05) is 91.0 Å². The molecule has 208 valence electrons. The van der Waals surface area contributed by atoms with Crippen molar-refractivity contribution in [3.8, 4) is 11.1 Å². The molecule has 40 heavy (non-hydrogen) atoms. The van der Waals surface area contributed by atoms with E-state index in [1.54, 1.807) is 12.1 Å². The Hall–Kier alpha value is -2.84. The molecule has 0 bridgehead atoms. The molecule has 0 heterocycles. The van der Waals surface area contributed by atoms with Crippen molar-refractivity contribution in [1.82, 2.24) is 0 Å². The molecule has 0 aliphatic heterocycles. The molecule has 1 aliphatic rings. The van der Waals surface area contributed by atoms with E-state index in [0.29, 0.717) is 13.2 Å². The zero-order chi connectivity index (χ0) is 28.2. The standard InChI is InChI=1S/C35H41FO2Si2/c1-39(2,23-21-28-13-7-5-8-14-28)37-26-35(27-38-40(3,4)24-22-29-15-9-6-10-16-29)33-18-12-11-17-31(33)32-20-19-30(36)25-34(32)35/h5-20,25H,21-24,26-27H2,1-4H3. The zero-order valence-corrected chi connectivity index (χ0v) is 26.3. The number of hydrogen-bond acceptors (Lipinski definition) is 2. The predicted molar refractivity (Wildman–Crippen MR) is 169 cm³/mol. The maximum atomic E-state index is 14.8. The van der Waals surface area contributed by atoms with E-state index < -0.39 is 22.0 Å². The third kappa shape index (κ3) is 6.55. The Morgan fingerprint density at radius 1 is 0.575 bits per heavy atom. The lowest BCUT2D eigenvalue weighted by atomic mass is 9.80. The Kier molecular flexibility index (Phi) is 8.57. The van der Waals surface area contributed by atoms with Gasteiger partial charge in [-0.05, 0) is 96.6 Å². The van der Waals surface area contributed by atoms with E-state index in [-0.39, 0.29) is 5.82 Å². The highest BCUT2D eigenvalue weighted by Gasteiger charge is 2.46. The minimum Gasteiger partial charge on any atom is -0.416 e. The first-order valence-electron chi connectivity index (χ1n) is 14.4. The van der Waals surface area contributed by atoms with Crippen molar-refractivity contribution in [3.63, 3.8) is 0 Å². The van der Waals surface area contributed by atoms with Crippen molar-refractivity contribution in [3.05, 3.63) is 131 Å². The summed E-state index contributed by atoms with van der Waals surface area (Å²) in [5, 5.41) is 0. The highest BCUT2D eigenvalue weighted by molar-refractivity contribution is 6.71. The molecular formula is C35H41FO2Si2. The number of fused-ring (bicyclic) bond motifs is 3. The second-order valence-corrected chi connectivity index (χ2v) is 21.0. The molecule has 0 amide bonds.